The number of hydrogen-bond acceptors (Lipinski definition) is 4. The van der Waals surface area contributed by atoms with Gasteiger partial charge in [-0.3, -0.25) is 14.3 Å². The molecule has 1 aliphatic heterocycles. The molecule has 0 bridgehead atoms. The summed E-state index contributed by atoms with van der Waals surface area (Å²) in [6.07, 6.45) is -4.53. The normalized spacial score (nSPS) is 16.8. The Morgan fingerprint density at radius 2 is 2.10 bits per heavy atom. The minimum absolute atomic E-state index is 0.0274. The van der Waals surface area contributed by atoms with Crippen molar-refractivity contribution >= 4 is 23.4 Å². The van der Waals surface area contributed by atoms with E-state index < -0.39 is 30.6 Å². The van der Waals surface area contributed by atoms with Crippen LogP contribution in [-0.4, -0.2) is 49.4 Å². The van der Waals surface area contributed by atoms with E-state index in [9.17, 15) is 27.2 Å². The lowest BCUT2D eigenvalue weighted by Crippen LogP contribution is -2.32. The molecule has 6 nitrogen and oxygen atoms in total. The number of ether oxygens (including phenoxy) is 2. The molecule has 29 heavy (non-hydrogen) atoms. The molecule has 2 rings (SSSR count). The van der Waals surface area contributed by atoms with Crippen LogP contribution < -0.4 is 10.1 Å². The Kier molecular flexibility index (Phi) is 7.86. The van der Waals surface area contributed by atoms with Crippen molar-refractivity contribution in [1.29, 1.82) is 0 Å². The fraction of sp³-hybridized carbons (Fsp3) is 0.444. The third-order valence-corrected chi connectivity index (χ3v) is 4.34. The summed E-state index contributed by atoms with van der Waals surface area (Å²) in [4.78, 5) is 25.1. The van der Waals surface area contributed by atoms with Crippen molar-refractivity contribution < 1.29 is 36.6 Å². The molecule has 1 N–H and O–H groups in total. The van der Waals surface area contributed by atoms with E-state index in [0.717, 1.165) is 6.07 Å². The molecule has 160 valence electrons. The molecule has 1 aromatic carbocycles. The van der Waals surface area contributed by atoms with E-state index in [1.54, 1.807) is 0 Å². The average Bonchev–Trinajstić information content (AvgIpc) is 2.98. The monoisotopic (exact) mass is 438 g/mol. The number of halogens is 5. The topological polar surface area (TPSA) is 67.9 Å². The number of amides is 2. The molecule has 1 aliphatic rings. The van der Waals surface area contributed by atoms with Gasteiger partial charge in [0.05, 0.1) is 11.6 Å². The number of carbonyl (C=O) groups excluding carboxylic acids is 2. The summed E-state index contributed by atoms with van der Waals surface area (Å²) < 4.78 is 58.5. The fourth-order valence-electron chi connectivity index (χ4n) is 2.68. The third kappa shape index (κ3) is 7.90. The zero-order valence-corrected chi connectivity index (χ0v) is 16.0. The second-order valence-electron chi connectivity index (χ2n) is 6.43. The van der Waals surface area contributed by atoms with Gasteiger partial charge in [0, 0.05) is 43.6 Å². The SMILES string of the molecule is C=C(CCN1C[C@H](COC(F)(F)F)CC1=O)NC(=O)COc1ccc(Cl)c(F)c1. The molecule has 2 amide bonds. The van der Waals surface area contributed by atoms with Gasteiger partial charge in [0.2, 0.25) is 5.91 Å². The van der Waals surface area contributed by atoms with Gasteiger partial charge in [-0.2, -0.15) is 0 Å². The molecule has 1 fully saturated rings. The second-order valence-corrected chi connectivity index (χ2v) is 6.84. The number of rotatable bonds is 9. The number of nitrogens with one attached hydrogen (secondary N) is 1. The van der Waals surface area contributed by atoms with Crippen LogP contribution in [0.2, 0.25) is 5.02 Å². The number of benzene rings is 1. The maximum absolute atomic E-state index is 13.3. The van der Waals surface area contributed by atoms with Crippen molar-refractivity contribution in [2.45, 2.75) is 19.2 Å². The largest absolute Gasteiger partial charge is 0.522 e. The lowest BCUT2D eigenvalue weighted by molar-refractivity contribution is -0.328. The third-order valence-electron chi connectivity index (χ3n) is 4.04. The van der Waals surface area contributed by atoms with E-state index in [1.807, 2.05) is 0 Å². The van der Waals surface area contributed by atoms with Gasteiger partial charge in [0.25, 0.3) is 5.91 Å². The van der Waals surface area contributed by atoms with E-state index in [1.165, 1.54) is 17.0 Å². The highest BCUT2D eigenvalue weighted by molar-refractivity contribution is 6.30. The van der Waals surface area contributed by atoms with Gasteiger partial charge < -0.3 is 15.0 Å². The van der Waals surface area contributed by atoms with Crippen LogP contribution in [0.3, 0.4) is 0 Å². The maximum Gasteiger partial charge on any atom is 0.522 e. The molecule has 1 aromatic rings. The quantitative estimate of drug-likeness (QED) is 0.601. The summed E-state index contributed by atoms with van der Waals surface area (Å²) in [6.45, 7) is 3.04. The first-order valence-electron chi connectivity index (χ1n) is 8.57. The van der Waals surface area contributed by atoms with Gasteiger partial charge in [0.15, 0.2) is 6.61 Å². The van der Waals surface area contributed by atoms with Crippen LogP contribution >= 0.6 is 11.6 Å². The first kappa shape index (κ1) is 23.0. The van der Waals surface area contributed by atoms with Crippen molar-refractivity contribution in [2.75, 3.05) is 26.3 Å². The van der Waals surface area contributed by atoms with Crippen LogP contribution in [-0.2, 0) is 14.3 Å². The Morgan fingerprint density at radius 3 is 2.76 bits per heavy atom. The number of likely N-dealkylation sites (tertiary alicyclic amines) is 1. The van der Waals surface area contributed by atoms with Gasteiger partial charge in [-0.15, -0.1) is 13.2 Å². The molecule has 1 atom stereocenters. The summed E-state index contributed by atoms with van der Waals surface area (Å²) in [5, 5.41) is 2.41. The molecule has 0 spiro atoms. The van der Waals surface area contributed by atoms with Crippen LogP contribution in [0.4, 0.5) is 17.6 Å². The molecule has 0 saturated carbocycles. The molecule has 1 saturated heterocycles. The highest BCUT2D eigenvalue weighted by Gasteiger charge is 2.35. The second kappa shape index (κ2) is 9.93. The zero-order chi connectivity index (χ0) is 21.6. The predicted octanol–water partition coefficient (Wildman–Crippen LogP) is 3.26. The predicted molar refractivity (Wildman–Crippen MR) is 95.5 cm³/mol. The van der Waals surface area contributed by atoms with E-state index in [0.29, 0.717) is 5.70 Å². The number of nitrogens with zero attached hydrogens (tertiary/aromatic N) is 1. The van der Waals surface area contributed by atoms with Crippen molar-refractivity contribution in [1.82, 2.24) is 10.2 Å². The van der Waals surface area contributed by atoms with Crippen molar-refractivity contribution in [3.8, 4) is 5.75 Å². The summed E-state index contributed by atoms with van der Waals surface area (Å²) in [6, 6.07) is 3.75. The molecule has 11 heteroatoms. The molecular weight excluding hydrogens is 420 g/mol. The number of hydrogen-bond donors (Lipinski definition) is 1. The Hall–Kier alpha value is -2.33. The first-order valence-corrected chi connectivity index (χ1v) is 8.95. The molecule has 0 aliphatic carbocycles. The van der Waals surface area contributed by atoms with E-state index in [2.05, 4.69) is 16.6 Å². The van der Waals surface area contributed by atoms with E-state index >= 15 is 0 Å². The fourth-order valence-corrected chi connectivity index (χ4v) is 2.79. The molecular formula is C18H19ClF4N2O4. The van der Waals surface area contributed by atoms with Gasteiger partial charge in [0.1, 0.15) is 11.6 Å². The van der Waals surface area contributed by atoms with E-state index in [-0.39, 0.29) is 49.2 Å². The first-order chi connectivity index (χ1) is 13.5. The summed E-state index contributed by atoms with van der Waals surface area (Å²) in [7, 11) is 0. The molecule has 1 heterocycles. The maximum atomic E-state index is 13.3. The van der Waals surface area contributed by atoms with Gasteiger partial charge in [-0.1, -0.05) is 18.2 Å². The Balaban J connectivity index is 1.68. The van der Waals surface area contributed by atoms with Crippen molar-refractivity contribution in [3.63, 3.8) is 0 Å². The Morgan fingerprint density at radius 1 is 1.38 bits per heavy atom. The van der Waals surface area contributed by atoms with Crippen LogP contribution in [0.1, 0.15) is 12.8 Å². The minimum Gasteiger partial charge on any atom is -0.484 e. The highest BCUT2D eigenvalue weighted by Crippen LogP contribution is 2.23. The Bertz CT molecular complexity index is 773. The standard InChI is InChI=1S/C18H19ClF4N2O4/c1-11(24-16(26)10-28-13-2-3-14(19)15(20)7-13)4-5-25-8-12(6-17(25)27)9-29-18(21,22)23/h2-3,7,12H,1,4-6,8-10H2,(H,24,26)/t12-/m1/s1. The van der Waals surface area contributed by atoms with Gasteiger partial charge in [-0.25, -0.2) is 4.39 Å². The van der Waals surface area contributed by atoms with Crippen LogP contribution in [0.5, 0.6) is 5.75 Å². The molecule has 0 radical (unpaired) electrons. The number of carbonyl (C=O) groups is 2. The summed E-state index contributed by atoms with van der Waals surface area (Å²) >= 11 is 5.55. The Labute approximate surface area is 169 Å². The van der Waals surface area contributed by atoms with Crippen LogP contribution in [0.15, 0.2) is 30.5 Å². The lowest BCUT2D eigenvalue weighted by Gasteiger charge is -2.18. The summed E-state index contributed by atoms with van der Waals surface area (Å²) in [5.74, 6) is -1.91. The lowest BCUT2D eigenvalue weighted by atomic mass is 10.1. The van der Waals surface area contributed by atoms with Crippen molar-refractivity contribution in [3.05, 3.63) is 41.3 Å². The smallest absolute Gasteiger partial charge is 0.484 e. The van der Waals surface area contributed by atoms with Gasteiger partial charge in [-0.05, 0) is 12.1 Å². The number of alkyl halides is 3. The molecule has 0 aromatic heterocycles. The zero-order valence-electron chi connectivity index (χ0n) is 15.2. The highest BCUT2D eigenvalue weighted by atomic mass is 35.5. The van der Waals surface area contributed by atoms with E-state index in [4.69, 9.17) is 16.3 Å². The molecule has 0 unspecified atom stereocenters. The van der Waals surface area contributed by atoms with Gasteiger partial charge >= 0.3 is 6.36 Å². The minimum atomic E-state index is -4.73. The summed E-state index contributed by atoms with van der Waals surface area (Å²) in [5.41, 5.74) is 0.309. The van der Waals surface area contributed by atoms with Crippen LogP contribution in [0, 0.1) is 11.7 Å². The van der Waals surface area contributed by atoms with Crippen LogP contribution in [0.25, 0.3) is 0 Å². The average molecular weight is 439 g/mol. The van der Waals surface area contributed by atoms with Crippen molar-refractivity contribution in [2.24, 2.45) is 5.92 Å².